The highest BCUT2D eigenvalue weighted by Gasteiger charge is 2.04. The Morgan fingerprint density at radius 1 is 1.53 bits per heavy atom. The topological polar surface area (TPSA) is 29.1 Å². The van der Waals surface area contributed by atoms with Crippen molar-refractivity contribution in [2.24, 2.45) is 0 Å². The van der Waals surface area contributed by atoms with Crippen molar-refractivity contribution >= 4 is 38.3 Å². The zero-order chi connectivity index (χ0) is 12.8. The molecule has 2 unspecified atom stereocenters. The summed E-state index contributed by atoms with van der Waals surface area (Å²) in [6, 6.07) is 6.29. The molecule has 0 aliphatic heterocycles. The molecule has 1 aromatic carbocycles. The van der Waals surface area contributed by atoms with Crippen molar-refractivity contribution in [1.82, 2.24) is 5.32 Å². The van der Waals surface area contributed by atoms with Crippen LogP contribution < -0.4 is 5.32 Å². The van der Waals surface area contributed by atoms with E-state index < -0.39 is 10.8 Å². The van der Waals surface area contributed by atoms with Gasteiger partial charge in [0.15, 0.2) is 0 Å². The average molecular weight is 339 g/mol. The van der Waals surface area contributed by atoms with Gasteiger partial charge in [0, 0.05) is 39.9 Å². The van der Waals surface area contributed by atoms with Gasteiger partial charge in [-0.15, -0.1) is 0 Å². The molecule has 5 heteroatoms. The van der Waals surface area contributed by atoms with E-state index in [0.29, 0.717) is 6.04 Å². The summed E-state index contributed by atoms with van der Waals surface area (Å²) in [6.07, 6.45) is 2.66. The van der Waals surface area contributed by atoms with Crippen LogP contribution in [0, 0.1) is 0 Å². The standard InChI is InChI=1S/C12H17BrClNOS/c1-9(5-6-17(2)16)15-8-10-3-4-11(13)12(14)7-10/h3-4,7,9,15H,5-6,8H2,1-2H3. The third-order valence-corrected chi connectivity index (χ3v) is 4.52. The van der Waals surface area contributed by atoms with Gasteiger partial charge < -0.3 is 5.32 Å². The van der Waals surface area contributed by atoms with Crippen LogP contribution in [0.1, 0.15) is 18.9 Å². The van der Waals surface area contributed by atoms with Crippen molar-refractivity contribution < 1.29 is 4.21 Å². The van der Waals surface area contributed by atoms with Gasteiger partial charge in [0.1, 0.15) is 0 Å². The fraction of sp³-hybridized carbons (Fsp3) is 0.500. The number of rotatable bonds is 6. The maximum Gasteiger partial charge on any atom is 0.0551 e. The molecule has 0 spiro atoms. The molecule has 1 N–H and O–H groups in total. The largest absolute Gasteiger partial charge is 0.310 e. The summed E-state index contributed by atoms with van der Waals surface area (Å²) in [6.45, 7) is 2.89. The first-order valence-corrected chi connectivity index (χ1v) is 8.36. The molecule has 0 fully saturated rings. The number of hydrogen-bond acceptors (Lipinski definition) is 2. The maximum atomic E-state index is 11.0. The first kappa shape index (κ1) is 15.2. The summed E-state index contributed by atoms with van der Waals surface area (Å²) in [7, 11) is -0.708. The second kappa shape index (κ2) is 7.52. The fourth-order valence-corrected chi connectivity index (χ4v) is 2.52. The van der Waals surface area contributed by atoms with Gasteiger partial charge in [0.25, 0.3) is 0 Å². The van der Waals surface area contributed by atoms with Crippen LogP contribution in [0.3, 0.4) is 0 Å². The van der Waals surface area contributed by atoms with Crippen LogP contribution in [0.5, 0.6) is 0 Å². The molecule has 2 atom stereocenters. The number of benzene rings is 1. The van der Waals surface area contributed by atoms with E-state index in [-0.39, 0.29) is 0 Å². The predicted molar refractivity (Wildman–Crippen MR) is 79.0 cm³/mol. The summed E-state index contributed by atoms with van der Waals surface area (Å²) in [5.74, 6) is 0.745. The summed E-state index contributed by atoms with van der Waals surface area (Å²) in [4.78, 5) is 0. The van der Waals surface area contributed by atoms with E-state index in [1.165, 1.54) is 0 Å². The molecule has 2 nitrogen and oxygen atoms in total. The summed E-state index contributed by atoms with van der Waals surface area (Å²) in [5, 5.41) is 4.12. The molecule has 0 bridgehead atoms. The van der Waals surface area contributed by atoms with Crippen molar-refractivity contribution in [3.05, 3.63) is 33.3 Å². The quantitative estimate of drug-likeness (QED) is 0.862. The monoisotopic (exact) mass is 337 g/mol. The Morgan fingerprint density at radius 2 is 2.24 bits per heavy atom. The summed E-state index contributed by atoms with van der Waals surface area (Å²) >= 11 is 9.38. The van der Waals surface area contributed by atoms with Crippen molar-refractivity contribution in [2.45, 2.75) is 25.9 Å². The zero-order valence-electron chi connectivity index (χ0n) is 10.0. The molecule has 0 heterocycles. The van der Waals surface area contributed by atoms with E-state index in [4.69, 9.17) is 11.6 Å². The van der Waals surface area contributed by atoms with Crippen molar-refractivity contribution in [3.63, 3.8) is 0 Å². The third-order valence-electron chi connectivity index (χ3n) is 2.48. The Bertz CT molecular complexity index is 400. The zero-order valence-corrected chi connectivity index (χ0v) is 13.2. The molecular weight excluding hydrogens is 322 g/mol. The van der Waals surface area contributed by atoms with Crippen LogP contribution in [0.15, 0.2) is 22.7 Å². The minimum atomic E-state index is -0.708. The molecule has 0 aliphatic rings. The molecule has 0 radical (unpaired) electrons. The highest BCUT2D eigenvalue weighted by molar-refractivity contribution is 9.10. The lowest BCUT2D eigenvalue weighted by Crippen LogP contribution is -2.26. The van der Waals surface area contributed by atoms with Crippen LogP contribution in [0.2, 0.25) is 5.02 Å². The molecular formula is C12H17BrClNOS. The fourth-order valence-electron chi connectivity index (χ4n) is 1.39. The van der Waals surface area contributed by atoms with E-state index in [9.17, 15) is 4.21 Å². The lowest BCUT2D eigenvalue weighted by Gasteiger charge is -2.13. The Hall–Kier alpha value is 0.1000. The van der Waals surface area contributed by atoms with E-state index >= 15 is 0 Å². The van der Waals surface area contributed by atoms with Crippen LogP contribution in [0.4, 0.5) is 0 Å². The summed E-state index contributed by atoms with van der Waals surface area (Å²) < 4.78 is 11.9. The second-order valence-corrected chi connectivity index (χ2v) is 6.91. The molecule has 1 rings (SSSR count). The Balaban J connectivity index is 2.39. The predicted octanol–water partition coefficient (Wildman–Crippen LogP) is 3.35. The molecule has 0 saturated heterocycles. The molecule has 1 aromatic rings. The average Bonchev–Trinajstić information content (AvgIpc) is 2.28. The number of nitrogens with one attached hydrogen (secondary N) is 1. The molecule has 17 heavy (non-hydrogen) atoms. The normalized spacial score (nSPS) is 14.6. The Labute approximate surface area is 119 Å². The van der Waals surface area contributed by atoms with Crippen LogP contribution in [0.25, 0.3) is 0 Å². The number of hydrogen-bond donors (Lipinski definition) is 1. The highest BCUT2D eigenvalue weighted by atomic mass is 79.9. The minimum Gasteiger partial charge on any atom is -0.310 e. The van der Waals surface area contributed by atoms with Gasteiger partial charge in [-0.3, -0.25) is 4.21 Å². The molecule has 0 saturated carbocycles. The lowest BCUT2D eigenvalue weighted by molar-refractivity contribution is 0.535. The minimum absolute atomic E-state index is 0.362. The number of halogens is 2. The molecule has 0 amide bonds. The van der Waals surface area contributed by atoms with E-state index in [1.807, 2.05) is 18.2 Å². The maximum absolute atomic E-state index is 11.0. The van der Waals surface area contributed by atoms with Crippen molar-refractivity contribution in [3.8, 4) is 0 Å². The van der Waals surface area contributed by atoms with Crippen LogP contribution in [-0.4, -0.2) is 22.3 Å². The van der Waals surface area contributed by atoms with Gasteiger partial charge >= 0.3 is 0 Å². The Morgan fingerprint density at radius 3 is 2.82 bits per heavy atom. The van der Waals surface area contributed by atoms with Gasteiger partial charge in [-0.2, -0.15) is 0 Å². The molecule has 96 valence electrons. The van der Waals surface area contributed by atoms with Crippen molar-refractivity contribution in [1.29, 1.82) is 0 Å². The van der Waals surface area contributed by atoms with E-state index in [1.54, 1.807) is 6.26 Å². The Kier molecular flexibility index (Phi) is 6.70. The van der Waals surface area contributed by atoms with Gasteiger partial charge in [0.2, 0.25) is 0 Å². The van der Waals surface area contributed by atoms with Crippen LogP contribution >= 0.6 is 27.5 Å². The van der Waals surface area contributed by atoms with Gasteiger partial charge in [-0.25, -0.2) is 0 Å². The second-order valence-electron chi connectivity index (χ2n) is 4.10. The van der Waals surface area contributed by atoms with Gasteiger partial charge in [-0.05, 0) is 47.0 Å². The smallest absolute Gasteiger partial charge is 0.0551 e. The van der Waals surface area contributed by atoms with Gasteiger partial charge in [0.05, 0.1) is 5.02 Å². The van der Waals surface area contributed by atoms with E-state index in [0.717, 1.165) is 33.8 Å². The third kappa shape index (κ3) is 6.00. The van der Waals surface area contributed by atoms with E-state index in [2.05, 4.69) is 28.2 Å². The summed E-state index contributed by atoms with van der Waals surface area (Å²) in [5.41, 5.74) is 1.16. The molecule has 0 aliphatic carbocycles. The van der Waals surface area contributed by atoms with Gasteiger partial charge in [-0.1, -0.05) is 17.7 Å². The molecule has 0 aromatic heterocycles. The highest BCUT2D eigenvalue weighted by Crippen LogP contribution is 2.23. The van der Waals surface area contributed by atoms with Crippen molar-refractivity contribution in [2.75, 3.05) is 12.0 Å². The first-order valence-electron chi connectivity index (χ1n) is 5.46. The first-order chi connectivity index (χ1) is 7.99. The SMILES string of the molecule is CC(CCS(C)=O)NCc1ccc(Br)c(Cl)c1. The van der Waals surface area contributed by atoms with Crippen LogP contribution in [-0.2, 0) is 17.3 Å². The lowest BCUT2D eigenvalue weighted by atomic mass is 10.2.